The highest BCUT2D eigenvalue weighted by atomic mass is 79.9. The molecular weight excluding hydrogens is 542 g/mol. The minimum Gasteiger partial charge on any atom is -0.357 e. The van der Waals surface area contributed by atoms with Crippen LogP contribution in [0.15, 0.2) is 82.2 Å². The molecule has 0 saturated carbocycles. The van der Waals surface area contributed by atoms with Crippen molar-refractivity contribution in [2.24, 2.45) is 0 Å². The predicted molar refractivity (Wildman–Crippen MR) is 145 cm³/mol. The molecule has 0 spiro atoms. The van der Waals surface area contributed by atoms with E-state index in [2.05, 4.69) is 21.2 Å². The second kappa shape index (κ2) is 11.7. The van der Waals surface area contributed by atoms with Crippen LogP contribution in [0, 0.1) is 13.8 Å². The van der Waals surface area contributed by atoms with Crippen LogP contribution < -0.4 is 9.62 Å². The summed E-state index contributed by atoms with van der Waals surface area (Å²) in [5.74, 6) is -0.835. The van der Waals surface area contributed by atoms with Crippen LogP contribution in [-0.2, 0) is 26.2 Å². The van der Waals surface area contributed by atoms with E-state index in [9.17, 15) is 18.0 Å². The number of nitrogens with zero attached hydrogens (tertiary/aromatic N) is 2. The molecule has 1 atom stereocenters. The molecule has 0 aliphatic rings. The first-order valence-corrected chi connectivity index (χ1v) is 13.7. The van der Waals surface area contributed by atoms with Crippen molar-refractivity contribution >= 4 is 43.5 Å². The van der Waals surface area contributed by atoms with E-state index < -0.39 is 28.5 Å². The van der Waals surface area contributed by atoms with Crippen LogP contribution in [0.3, 0.4) is 0 Å². The van der Waals surface area contributed by atoms with Crippen molar-refractivity contribution < 1.29 is 18.0 Å². The number of nitrogens with one attached hydrogen (secondary N) is 1. The molecule has 3 aromatic carbocycles. The number of carbonyl (C=O) groups excluding carboxylic acids is 2. The van der Waals surface area contributed by atoms with E-state index in [1.807, 2.05) is 50.2 Å². The minimum atomic E-state index is -4.07. The summed E-state index contributed by atoms with van der Waals surface area (Å²) < 4.78 is 29.5. The normalized spacial score (nSPS) is 12.0. The van der Waals surface area contributed by atoms with Crippen molar-refractivity contribution in [1.29, 1.82) is 0 Å². The number of likely N-dealkylation sites (N-methyl/N-ethyl adjacent to an activating group) is 1. The zero-order valence-corrected chi connectivity index (χ0v) is 23.1. The first-order valence-electron chi connectivity index (χ1n) is 11.4. The molecule has 9 heteroatoms. The Morgan fingerprint density at radius 1 is 0.972 bits per heavy atom. The largest absolute Gasteiger partial charge is 0.357 e. The molecule has 0 fully saturated rings. The third-order valence-electron chi connectivity index (χ3n) is 5.91. The summed E-state index contributed by atoms with van der Waals surface area (Å²) >= 11 is 3.40. The molecule has 3 rings (SSSR count). The number of aryl methyl sites for hydroxylation is 2. The Hall–Kier alpha value is -3.17. The molecule has 1 N–H and O–H groups in total. The van der Waals surface area contributed by atoms with Gasteiger partial charge in [-0.1, -0.05) is 64.0 Å². The summed E-state index contributed by atoms with van der Waals surface area (Å²) in [6, 6.07) is 20.0. The number of rotatable bonds is 9. The third kappa shape index (κ3) is 6.33. The van der Waals surface area contributed by atoms with E-state index in [-0.39, 0.29) is 17.3 Å². The molecule has 190 valence electrons. The number of amides is 2. The fourth-order valence-corrected chi connectivity index (χ4v) is 5.66. The maximum Gasteiger partial charge on any atom is 0.264 e. The SMILES string of the molecule is CNC(=O)C(C)N(Cc1ccc(Br)cc1)C(=O)CN(c1ccc(C)cc1C)S(=O)(=O)c1ccccc1. The van der Waals surface area contributed by atoms with Gasteiger partial charge in [-0.3, -0.25) is 13.9 Å². The molecule has 0 radical (unpaired) electrons. The van der Waals surface area contributed by atoms with Crippen LogP contribution in [0.5, 0.6) is 0 Å². The molecule has 0 aliphatic carbocycles. The topological polar surface area (TPSA) is 86.8 Å². The number of hydrogen-bond donors (Lipinski definition) is 1. The van der Waals surface area contributed by atoms with Gasteiger partial charge in [0.1, 0.15) is 12.6 Å². The standard InChI is InChI=1S/C27H30BrN3O4S/c1-19-10-15-25(20(2)16-19)31(36(34,35)24-8-6-5-7-9-24)18-26(32)30(21(3)27(33)29-4)17-22-11-13-23(28)14-12-22/h5-16,21H,17-18H2,1-4H3,(H,29,33). The number of benzene rings is 3. The number of halogens is 1. The van der Waals surface area contributed by atoms with E-state index >= 15 is 0 Å². The van der Waals surface area contributed by atoms with Gasteiger partial charge in [0.15, 0.2) is 0 Å². The molecule has 0 heterocycles. The molecule has 0 saturated heterocycles. The summed E-state index contributed by atoms with van der Waals surface area (Å²) in [7, 11) is -2.57. The monoisotopic (exact) mass is 571 g/mol. The van der Waals surface area contributed by atoms with Crippen molar-refractivity contribution in [2.45, 2.75) is 38.3 Å². The van der Waals surface area contributed by atoms with Gasteiger partial charge >= 0.3 is 0 Å². The van der Waals surface area contributed by atoms with Crippen LogP contribution in [0.2, 0.25) is 0 Å². The lowest BCUT2D eigenvalue weighted by Crippen LogP contribution is -2.50. The van der Waals surface area contributed by atoms with Gasteiger partial charge in [-0.05, 0) is 62.2 Å². The van der Waals surface area contributed by atoms with Crippen LogP contribution in [0.25, 0.3) is 0 Å². The maximum atomic E-state index is 13.8. The zero-order valence-electron chi connectivity index (χ0n) is 20.7. The van der Waals surface area contributed by atoms with Crippen molar-refractivity contribution in [3.05, 3.63) is 94.0 Å². The molecule has 3 aromatic rings. The van der Waals surface area contributed by atoms with Gasteiger partial charge < -0.3 is 10.2 Å². The molecule has 1 unspecified atom stereocenters. The van der Waals surface area contributed by atoms with Gasteiger partial charge in [-0.25, -0.2) is 8.42 Å². The quantitative estimate of drug-likeness (QED) is 0.411. The summed E-state index contributed by atoms with van der Waals surface area (Å²) in [4.78, 5) is 27.8. The van der Waals surface area contributed by atoms with Gasteiger partial charge in [0, 0.05) is 18.1 Å². The Bertz CT molecular complexity index is 1330. The smallest absolute Gasteiger partial charge is 0.264 e. The van der Waals surface area contributed by atoms with Crippen molar-refractivity contribution in [1.82, 2.24) is 10.2 Å². The summed E-state index contributed by atoms with van der Waals surface area (Å²) in [5.41, 5.74) is 2.92. The molecule has 36 heavy (non-hydrogen) atoms. The number of hydrogen-bond acceptors (Lipinski definition) is 4. The average molecular weight is 573 g/mol. The predicted octanol–water partition coefficient (Wildman–Crippen LogP) is 4.42. The zero-order chi connectivity index (χ0) is 26.5. The summed E-state index contributed by atoms with van der Waals surface area (Å²) in [6.07, 6.45) is 0. The van der Waals surface area contributed by atoms with E-state index in [4.69, 9.17) is 0 Å². The van der Waals surface area contributed by atoms with Gasteiger partial charge in [0.05, 0.1) is 10.6 Å². The maximum absolute atomic E-state index is 13.8. The van der Waals surface area contributed by atoms with Crippen molar-refractivity contribution in [2.75, 3.05) is 17.9 Å². The fraction of sp³-hybridized carbons (Fsp3) is 0.259. The second-order valence-corrected chi connectivity index (χ2v) is 11.3. The highest BCUT2D eigenvalue weighted by Gasteiger charge is 2.32. The number of anilines is 1. The van der Waals surface area contributed by atoms with Gasteiger partial charge in [0.25, 0.3) is 10.0 Å². The highest BCUT2D eigenvalue weighted by molar-refractivity contribution is 9.10. The van der Waals surface area contributed by atoms with Gasteiger partial charge in [-0.15, -0.1) is 0 Å². The van der Waals surface area contributed by atoms with Crippen LogP contribution in [0.1, 0.15) is 23.6 Å². The minimum absolute atomic E-state index is 0.0802. The van der Waals surface area contributed by atoms with Gasteiger partial charge in [0.2, 0.25) is 11.8 Å². The Kier molecular flexibility index (Phi) is 8.92. The van der Waals surface area contributed by atoms with Crippen molar-refractivity contribution in [3.8, 4) is 0 Å². The molecular formula is C27H30BrN3O4S. The Morgan fingerprint density at radius 3 is 2.19 bits per heavy atom. The van der Waals surface area contributed by atoms with Crippen LogP contribution in [-0.4, -0.2) is 44.8 Å². The van der Waals surface area contributed by atoms with E-state index in [0.717, 1.165) is 25.5 Å². The Balaban J connectivity index is 2.05. The summed E-state index contributed by atoms with van der Waals surface area (Å²) in [6.45, 7) is 5.05. The Morgan fingerprint density at radius 2 is 1.61 bits per heavy atom. The molecule has 2 amide bonds. The van der Waals surface area contributed by atoms with Crippen LogP contribution >= 0.6 is 15.9 Å². The molecule has 0 aromatic heterocycles. The van der Waals surface area contributed by atoms with E-state index in [1.54, 1.807) is 31.2 Å². The average Bonchev–Trinajstić information content (AvgIpc) is 2.86. The lowest BCUT2D eigenvalue weighted by atomic mass is 10.1. The highest BCUT2D eigenvalue weighted by Crippen LogP contribution is 2.28. The van der Waals surface area contributed by atoms with E-state index in [1.165, 1.54) is 24.1 Å². The Labute approximate surface area is 221 Å². The molecule has 7 nitrogen and oxygen atoms in total. The third-order valence-corrected chi connectivity index (χ3v) is 8.21. The summed E-state index contributed by atoms with van der Waals surface area (Å²) in [5, 5.41) is 2.58. The molecule has 0 aliphatic heterocycles. The number of carbonyl (C=O) groups is 2. The van der Waals surface area contributed by atoms with E-state index in [0.29, 0.717) is 5.69 Å². The lowest BCUT2D eigenvalue weighted by molar-refractivity contribution is -0.139. The van der Waals surface area contributed by atoms with Gasteiger partial charge in [-0.2, -0.15) is 0 Å². The first-order chi connectivity index (χ1) is 17.0. The van der Waals surface area contributed by atoms with Crippen LogP contribution in [0.4, 0.5) is 5.69 Å². The lowest BCUT2D eigenvalue weighted by Gasteiger charge is -2.32. The van der Waals surface area contributed by atoms with Crippen molar-refractivity contribution in [3.63, 3.8) is 0 Å². The second-order valence-electron chi connectivity index (χ2n) is 8.55. The number of sulfonamides is 1. The fourth-order valence-electron chi connectivity index (χ4n) is 3.90. The molecule has 0 bridgehead atoms. The first kappa shape index (κ1) is 27.4.